The molecule has 0 amide bonds. The van der Waals surface area contributed by atoms with Crippen molar-refractivity contribution >= 4 is 15.5 Å². The van der Waals surface area contributed by atoms with E-state index in [0.29, 0.717) is 37.7 Å². The lowest BCUT2D eigenvalue weighted by Crippen LogP contribution is -2.49. The maximum absolute atomic E-state index is 13.8. The highest BCUT2D eigenvalue weighted by Gasteiger charge is 2.42. The molecule has 0 spiro atoms. The Morgan fingerprint density at radius 2 is 1.76 bits per heavy atom. The summed E-state index contributed by atoms with van der Waals surface area (Å²) < 4.78 is 72.6. The number of anilines is 1. The van der Waals surface area contributed by atoms with Crippen LogP contribution in [0.1, 0.15) is 38.7 Å². The van der Waals surface area contributed by atoms with Gasteiger partial charge in [-0.25, -0.2) is 8.42 Å². The minimum absolute atomic E-state index is 0.222. The molecule has 164 valence electrons. The fraction of sp³-hybridized carbons (Fsp3) is 0.700. The Kier molecular flexibility index (Phi) is 6.50. The summed E-state index contributed by atoms with van der Waals surface area (Å²) in [5.74, 6) is 0. The van der Waals surface area contributed by atoms with Crippen molar-refractivity contribution in [2.45, 2.75) is 61.6 Å². The van der Waals surface area contributed by atoms with Gasteiger partial charge in [0.05, 0.1) is 21.8 Å². The summed E-state index contributed by atoms with van der Waals surface area (Å²) in [7, 11) is -2.60. The summed E-state index contributed by atoms with van der Waals surface area (Å²) in [5.41, 5.74) is -0.650. The fourth-order valence-corrected chi connectivity index (χ4v) is 6.27. The Labute approximate surface area is 170 Å². The quantitative estimate of drug-likeness (QED) is 0.709. The van der Waals surface area contributed by atoms with Gasteiger partial charge in [0.2, 0.25) is 0 Å². The molecule has 1 saturated heterocycles. The van der Waals surface area contributed by atoms with Gasteiger partial charge >= 0.3 is 6.18 Å². The van der Waals surface area contributed by atoms with Crippen LogP contribution in [0.2, 0.25) is 0 Å². The van der Waals surface area contributed by atoms with Crippen molar-refractivity contribution < 1.29 is 26.3 Å². The number of sulfone groups is 1. The second kappa shape index (κ2) is 8.43. The van der Waals surface area contributed by atoms with Gasteiger partial charge in [0.25, 0.3) is 0 Å². The Bertz CT molecular complexity index is 819. The first-order valence-corrected chi connectivity index (χ1v) is 11.6. The number of rotatable bonds is 5. The summed E-state index contributed by atoms with van der Waals surface area (Å²) in [5, 5.41) is -0.839. The van der Waals surface area contributed by atoms with Crippen LogP contribution < -0.4 is 4.90 Å². The van der Waals surface area contributed by atoms with Gasteiger partial charge in [0, 0.05) is 45.0 Å². The van der Waals surface area contributed by atoms with Crippen LogP contribution in [0.15, 0.2) is 23.1 Å². The Balaban J connectivity index is 1.90. The Morgan fingerprint density at radius 3 is 2.28 bits per heavy atom. The second-order valence-electron chi connectivity index (χ2n) is 8.13. The first-order valence-electron chi connectivity index (χ1n) is 10.0. The molecule has 1 aliphatic carbocycles. The summed E-state index contributed by atoms with van der Waals surface area (Å²) >= 11 is 0. The molecule has 5 nitrogen and oxygen atoms in total. The van der Waals surface area contributed by atoms with Gasteiger partial charge in [-0.2, -0.15) is 13.2 Å². The van der Waals surface area contributed by atoms with E-state index in [1.807, 2.05) is 4.90 Å². The molecule has 2 fully saturated rings. The lowest BCUT2D eigenvalue weighted by atomic mass is 10.1. The van der Waals surface area contributed by atoms with Crippen LogP contribution in [-0.4, -0.2) is 64.0 Å². The average molecular weight is 435 g/mol. The molecule has 1 aromatic rings. The zero-order valence-corrected chi connectivity index (χ0v) is 17.9. The predicted octanol–water partition coefficient (Wildman–Crippen LogP) is 3.58. The van der Waals surface area contributed by atoms with Gasteiger partial charge in [-0.15, -0.1) is 0 Å². The number of hydrogen-bond acceptors (Lipinski definition) is 5. The van der Waals surface area contributed by atoms with E-state index in [-0.39, 0.29) is 12.5 Å². The molecule has 29 heavy (non-hydrogen) atoms. The number of halogens is 3. The lowest BCUT2D eigenvalue weighted by molar-refractivity contribution is -0.139. The molecule has 0 aromatic heterocycles. The normalized spacial score (nSPS) is 24.4. The number of nitrogens with zero attached hydrogens (tertiary/aromatic N) is 2. The summed E-state index contributed by atoms with van der Waals surface area (Å²) in [6, 6.07) is 4.04. The van der Waals surface area contributed by atoms with E-state index in [2.05, 4.69) is 18.7 Å². The molecule has 9 heteroatoms. The molecule has 3 rings (SSSR count). The van der Waals surface area contributed by atoms with Crippen molar-refractivity contribution in [3.63, 3.8) is 0 Å². The maximum atomic E-state index is 13.8. The van der Waals surface area contributed by atoms with Crippen LogP contribution >= 0.6 is 0 Å². The van der Waals surface area contributed by atoms with Gasteiger partial charge in [-0.05, 0) is 51.3 Å². The SMILES string of the molecule is CO[C@@H]1CC[C@@H](S(=O)(=O)c2ccc(N3CCN(C(C)C)CC3)cc2C(F)(F)F)C1. The van der Waals surface area contributed by atoms with Gasteiger partial charge in [-0.1, -0.05) is 0 Å². The third kappa shape index (κ3) is 4.72. The lowest BCUT2D eigenvalue weighted by Gasteiger charge is -2.38. The number of alkyl halides is 3. The molecular weight excluding hydrogens is 405 g/mol. The van der Waals surface area contributed by atoms with Gasteiger partial charge in [0.1, 0.15) is 0 Å². The standard InChI is InChI=1S/C20H29F3N2O3S/c1-14(2)24-8-10-25(11-9-24)15-4-7-19(18(12-15)20(21,22)23)29(26,27)17-6-5-16(13-17)28-3/h4,7,12,14,16-17H,5-6,8-11,13H2,1-3H3/t16-,17-/m1/s1. The van der Waals surface area contributed by atoms with E-state index in [1.54, 1.807) is 0 Å². The molecule has 1 heterocycles. The van der Waals surface area contributed by atoms with E-state index in [9.17, 15) is 21.6 Å². The number of ether oxygens (including phenoxy) is 1. The van der Waals surface area contributed by atoms with Crippen molar-refractivity contribution in [2.75, 3.05) is 38.2 Å². The third-order valence-electron chi connectivity index (χ3n) is 6.09. The topological polar surface area (TPSA) is 49.9 Å². The Morgan fingerprint density at radius 1 is 1.10 bits per heavy atom. The summed E-state index contributed by atoms with van der Waals surface area (Å²) in [6.07, 6.45) is -3.87. The van der Waals surface area contributed by atoms with E-state index in [4.69, 9.17) is 4.74 Å². The van der Waals surface area contributed by atoms with E-state index in [1.165, 1.54) is 13.2 Å². The third-order valence-corrected chi connectivity index (χ3v) is 8.37. The van der Waals surface area contributed by atoms with E-state index in [0.717, 1.165) is 25.2 Å². The number of methoxy groups -OCH3 is 1. The number of benzene rings is 1. The molecule has 2 atom stereocenters. The first kappa shape index (κ1) is 22.4. The highest BCUT2D eigenvalue weighted by Crippen LogP contribution is 2.40. The largest absolute Gasteiger partial charge is 0.417 e. The monoisotopic (exact) mass is 434 g/mol. The number of hydrogen-bond donors (Lipinski definition) is 0. The Hall–Kier alpha value is -1.32. The average Bonchev–Trinajstić information content (AvgIpc) is 3.17. The first-order chi connectivity index (χ1) is 13.5. The van der Waals surface area contributed by atoms with Gasteiger partial charge in [0.15, 0.2) is 9.84 Å². The zero-order valence-electron chi connectivity index (χ0n) is 17.1. The zero-order chi connectivity index (χ0) is 21.4. The predicted molar refractivity (Wildman–Crippen MR) is 106 cm³/mol. The fourth-order valence-electron chi connectivity index (χ4n) is 4.26. The molecule has 2 aliphatic rings. The molecule has 1 aromatic carbocycles. The van der Waals surface area contributed by atoms with Gasteiger partial charge in [-0.3, -0.25) is 4.90 Å². The smallest absolute Gasteiger partial charge is 0.381 e. The van der Waals surface area contributed by atoms with Crippen LogP contribution in [0, 0.1) is 0 Å². The van der Waals surface area contributed by atoms with Crippen LogP contribution in [0.25, 0.3) is 0 Å². The summed E-state index contributed by atoms with van der Waals surface area (Å²) in [4.78, 5) is 3.55. The molecule has 0 radical (unpaired) electrons. The summed E-state index contributed by atoms with van der Waals surface area (Å²) in [6.45, 7) is 6.93. The van der Waals surface area contributed by atoms with Crippen LogP contribution in [-0.2, 0) is 20.8 Å². The maximum Gasteiger partial charge on any atom is 0.417 e. The van der Waals surface area contributed by atoms with Crippen molar-refractivity contribution in [1.82, 2.24) is 4.90 Å². The second-order valence-corrected chi connectivity index (χ2v) is 10.3. The highest BCUT2D eigenvalue weighted by molar-refractivity contribution is 7.92. The van der Waals surface area contributed by atoms with Crippen LogP contribution in [0.4, 0.5) is 18.9 Å². The number of piperazine rings is 1. The molecule has 1 aliphatic heterocycles. The minimum atomic E-state index is -4.74. The van der Waals surface area contributed by atoms with E-state index >= 15 is 0 Å². The van der Waals surface area contributed by atoms with Crippen molar-refractivity contribution in [1.29, 1.82) is 0 Å². The van der Waals surface area contributed by atoms with Crippen molar-refractivity contribution in [2.24, 2.45) is 0 Å². The van der Waals surface area contributed by atoms with Crippen LogP contribution in [0.3, 0.4) is 0 Å². The van der Waals surface area contributed by atoms with Gasteiger partial charge < -0.3 is 9.64 Å². The molecule has 0 bridgehead atoms. The highest BCUT2D eigenvalue weighted by atomic mass is 32.2. The molecular formula is C20H29F3N2O3S. The van der Waals surface area contributed by atoms with E-state index < -0.39 is 31.7 Å². The molecule has 0 unspecified atom stereocenters. The molecule has 0 N–H and O–H groups in total. The van der Waals surface area contributed by atoms with Crippen molar-refractivity contribution in [3.8, 4) is 0 Å². The molecule has 1 saturated carbocycles. The van der Waals surface area contributed by atoms with Crippen molar-refractivity contribution in [3.05, 3.63) is 23.8 Å². The van der Waals surface area contributed by atoms with Crippen LogP contribution in [0.5, 0.6) is 0 Å². The minimum Gasteiger partial charge on any atom is -0.381 e.